The molecule has 3 saturated heterocycles. The van der Waals surface area contributed by atoms with E-state index < -0.39 is 258 Å². The second-order valence-electron chi connectivity index (χ2n) is 37.5. The summed E-state index contributed by atoms with van der Waals surface area (Å²) in [6.07, 6.45) is 4.37. The SMILES string of the molecule is CCCC[C@H]1C(=O)N(C)[C@@H](CCCC)C(=O)N[C@@H](CC(C)C)C(=O)N[C@H](C(=O)NCC(N)=O)CSCC(=O)N[C@@H](Cc2ccc(O)cc2)C(=O)N(C)[C@@H](C)C(=O)N[C@@H](CC(=O)O)C(=O)N2CCC[C@H]2C(=O)N[C@@H](Cc2cnc[nH]2)C(=O)N[C@@H](CCCCN)C(=O)N2C[C@H](O)C[C@H]2C(=O)N[C@@H](Cc2c[nH]c3ccccc23)C(=O)N[C@@H](CCCCN)C(=O)N[C@@H](Cc2cn(CC(=O)NS(C)(=O)=O)c3ccccc23)C(=O)N1C. The molecule has 0 saturated carbocycles. The first-order valence-electron chi connectivity index (χ1n) is 48.9. The van der Waals surface area contributed by atoms with Gasteiger partial charge in [-0.1, -0.05) is 102 Å². The minimum atomic E-state index is -4.08. The molecule has 46 nitrogen and oxygen atoms in total. The zero-order valence-corrected chi connectivity index (χ0v) is 84.8. The Hall–Kier alpha value is -13.6. The number of benzene rings is 3. The highest BCUT2D eigenvalue weighted by Crippen LogP contribution is 2.30. The molecule has 0 spiro atoms. The maximum absolute atomic E-state index is 16.2. The molecule has 9 rings (SSSR count). The maximum Gasteiger partial charge on any atom is 0.305 e. The molecule has 6 heterocycles. The van der Waals surface area contributed by atoms with Gasteiger partial charge in [0.1, 0.15) is 96.9 Å². The second kappa shape index (κ2) is 54.9. The summed E-state index contributed by atoms with van der Waals surface area (Å²) in [5.74, 6) is -19.1. The van der Waals surface area contributed by atoms with Crippen molar-refractivity contribution in [2.24, 2.45) is 23.1 Å². The number of hydrogen-bond acceptors (Lipinski definition) is 26. The molecule has 3 aromatic carbocycles. The fraction of sp³-hybridized carbons (Fsp3) is 0.557. The van der Waals surface area contributed by atoms with Crippen molar-refractivity contribution < 1.29 is 110 Å². The van der Waals surface area contributed by atoms with Crippen LogP contribution in [0.25, 0.3) is 21.8 Å². The molecule has 3 aromatic heterocycles. The van der Waals surface area contributed by atoms with E-state index in [1.54, 1.807) is 68.6 Å². The lowest BCUT2D eigenvalue weighted by atomic mass is 9.99. The lowest BCUT2D eigenvalue weighted by Crippen LogP contribution is -2.61. The van der Waals surface area contributed by atoms with Crippen LogP contribution in [0.15, 0.2) is 97.7 Å². The second-order valence-corrected chi connectivity index (χ2v) is 40.3. The first kappa shape index (κ1) is 115. The molecule has 17 amide bonds. The number of hydrogen-bond donors (Lipinski definition) is 19. The number of unbranched alkanes of at least 4 members (excludes halogenated alkanes) is 4. The third-order valence-electron chi connectivity index (χ3n) is 25.8. The number of fused-ring (bicyclic) bond motifs is 4. The Labute approximate surface area is 844 Å². The number of carbonyl (C=O) groups excluding carboxylic acids is 17. The number of carbonyl (C=O) groups is 18. The predicted molar refractivity (Wildman–Crippen MR) is 534 cm³/mol. The monoisotopic (exact) mass is 2060 g/mol. The number of primary amides is 1. The van der Waals surface area contributed by atoms with Gasteiger partial charge in [-0.15, -0.1) is 11.8 Å². The molecule has 22 N–H and O–H groups in total. The number of aliphatic hydroxyl groups is 1. The number of nitrogens with one attached hydrogen (secondary N) is 13. The Kier molecular flexibility index (Phi) is 43.5. The van der Waals surface area contributed by atoms with E-state index in [1.807, 2.05) is 18.6 Å². The smallest absolute Gasteiger partial charge is 0.305 e. The number of phenols is 1. The molecule has 0 aliphatic carbocycles. The molecule has 3 fully saturated rings. The Bertz CT molecular complexity index is 5680. The van der Waals surface area contributed by atoms with Crippen LogP contribution in [0, 0.1) is 5.92 Å². The third kappa shape index (κ3) is 33.2. The Morgan fingerprint density at radius 3 is 1.77 bits per heavy atom. The summed E-state index contributed by atoms with van der Waals surface area (Å²) in [5.41, 5.74) is 20.0. The molecular formula is C97H139N23O23S2. The highest BCUT2D eigenvalue weighted by atomic mass is 32.2. The average molecular weight is 2060 g/mol. The quantitative estimate of drug-likeness (QED) is 0.0208. The molecule has 145 heavy (non-hydrogen) atoms. The Morgan fingerprint density at radius 2 is 1.13 bits per heavy atom. The van der Waals surface area contributed by atoms with Gasteiger partial charge in [0.05, 0.1) is 37.4 Å². The number of carboxylic acids is 1. The van der Waals surface area contributed by atoms with E-state index in [1.165, 1.54) is 75.6 Å². The number of aromatic amines is 2. The Morgan fingerprint density at radius 1 is 0.572 bits per heavy atom. The number of rotatable bonds is 32. The molecule has 6 aromatic rings. The van der Waals surface area contributed by atoms with E-state index in [0.29, 0.717) is 64.2 Å². The average Bonchev–Trinajstić information content (AvgIpc) is 1.58. The standard InChI is InChI=1S/C97H139N23O23S2/c1-10-12-28-76-90(134)108-68(39-55(3)4)87(131)113-74(85(129)103-48-80(100)123)52-144-53-82(125)105-71(40-57-32-34-61(121)35-33-57)93(137)115(6)56(5)84(128)111-73(45-83(126)127)96(140)119-38-22-31-77(119)91(135)110-70(43-60-47-101-54-104-60)89(133)107-67(27-19-21-37-99)95(139)120-50-62(122)44-79(120)92(136)109-69(41-58-46-102-65-25-16-14-23-63(58)65)88(132)106-66(26-18-20-36-98)86(130)112-72(94(138)117(8)78(29-13-11-2)97(141)116(76)7)42-59-49-118(51-81(124)114-145(9,142)143)75-30-17-15-24-64(59)75/h14-17,23-25,30,32-35,46-47,49,54-56,62,66-74,76-79,102,121-122H,10-13,18-22,26-29,31,36-45,48,50-53,98-99H2,1-9H3,(H2,100,123)(H,101,104)(H,103,129)(H,105,125)(H,106,132)(H,107,133)(H,108,134)(H,109,136)(H,110,135)(H,111,128)(H,112,130)(H,113,131)(H,114,124)(H,126,127)/t56-,62+,66-,67-,68-,69-,70-,71-,72-,73-,74-,76-,77-,78-,79-/m0/s1. The first-order chi connectivity index (χ1) is 68.9. The number of sulfonamides is 1. The molecule has 792 valence electrons. The van der Waals surface area contributed by atoms with E-state index in [0.717, 1.165) is 42.5 Å². The van der Waals surface area contributed by atoms with Crippen LogP contribution in [-0.4, -0.2) is 336 Å². The number of aromatic hydroxyl groups is 1. The molecule has 48 heteroatoms. The van der Waals surface area contributed by atoms with Gasteiger partial charge in [0, 0.05) is 118 Å². The van der Waals surface area contributed by atoms with Crippen molar-refractivity contribution in [2.45, 2.75) is 267 Å². The number of nitrogens with zero attached hydrogens (tertiary/aromatic N) is 7. The van der Waals surface area contributed by atoms with Gasteiger partial charge < -0.3 is 125 Å². The van der Waals surface area contributed by atoms with Crippen LogP contribution >= 0.6 is 11.8 Å². The molecule has 0 radical (unpaired) electrons. The Balaban J connectivity index is 1.15. The maximum atomic E-state index is 16.2. The van der Waals surface area contributed by atoms with E-state index in [4.69, 9.17) is 17.2 Å². The van der Waals surface area contributed by atoms with Crippen LogP contribution in [0.3, 0.4) is 0 Å². The summed E-state index contributed by atoms with van der Waals surface area (Å²) in [6.45, 7) is 6.66. The first-order valence-corrected chi connectivity index (χ1v) is 51.9. The summed E-state index contributed by atoms with van der Waals surface area (Å²) < 4.78 is 28.2. The number of para-hydroxylation sites is 2. The van der Waals surface area contributed by atoms with Crippen LogP contribution in [0.4, 0.5) is 0 Å². The number of imidazole rings is 1. The lowest BCUT2D eigenvalue weighted by molar-refractivity contribution is -0.149. The summed E-state index contributed by atoms with van der Waals surface area (Å²) in [5, 5.41) is 60.2. The van der Waals surface area contributed by atoms with Gasteiger partial charge in [-0.05, 0) is 138 Å². The van der Waals surface area contributed by atoms with Gasteiger partial charge in [0.2, 0.25) is 105 Å². The third-order valence-corrected chi connectivity index (χ3v) is 27.5. The molecule has 0 bridgehead atoms. The summed E-state index contributed by atoms with van der Waals surface area (Å²) in [4.78, 5) is 282. The molecular weight excluding hydrogens is 1920 g/mol. The van der Waals surface area contributed by atoms with Gasteiger partial charge in [0.15, 0.2) is 0 Å². The lowest BCUT2D eigenvalue weighted by Gasteiger charge is -2.36. The van der Waals surface area contributed by atoms with Crippen molar-refractivity contribution in [2.75, 3.05) is 71.6 Å². The number of phenolic OH excluding ortho intramolecular Hbond substituents is 1. The molecule has 3 aliphatic rings. The number of nitrogens with two attached hydrogens (primary N) is 3. The van der Waals surface area contributed by atoms with Crippen LogP contribution in [0.5, 0.6) is 5.75 Å². The van der Waals surface area contributed by atoms with Crippen LogP contribution in [0.1, 0.15) is 166 Å². The zero-order valence-electron chi connectivity index (χ0n) is 83.2. The van der Waals surface area contributed by atoms with Gasteiger partial charge >= 0.3 is 5.97 Å². The van der Waals surface area contributed by atoms with Gasteiger partial charge in [-0.3, -0.25) is 91.0 Å². The summed E-state index contributed by atoms with van der Waals surface area (Å²) in [7, 11) is -0.214. The topological polar surface area (TPSA) is 678 Å². The zero-order chi connectivity index (χ0) is 106. The number of aliphatic carboxylic acids is 1. The number of thioether (sulfide) groups is 1. The van der Waals surface area contributed by atoms with Crippen molar-refractivity contribution in [3.05, 3.63) is 120 Å². The van der Waals surface area contributed by atoms with E-state index >= 15 is 38.4 Å². The molecule has 3 aliphatic heterocycles. The van der Waals surface area contributed by atoms with E-state index in [9.17, 15) is 71.7 Å². The number of aliphatic hydroxyl groups excluding tert-OH is 1. The highest BCUT2D eigenvalue weighted by molar-refractivity contribution is 8.00. The number of carboxylic acid groups (broad SMARTS) is 1. The number of likely N-dealkylation sites (N-methyl/N-ethyl adjacent to an activating group) is 3. The van der Waals surface area contributed by atoms with Crippen molar-refractivity contribution in [3.8, 4) is 5.75 Å². The number of H-pyrrole nitrogens is 2. The minimum Gasteiger partial charge on any atom is -0.508 e. The van der Waals surface area contributed by atoms with Crippen LogP contribution in [0.2, 0.25) is 0 Å². The van der Waals surface area contributed by atoms with Gasteiger partial charge in [-0.25, -0.2) is 13.4 Å². The number of aromatic nitrogens is 4. The van der Waals surface area contributed by atoms with E-state index in [-0.39, 0.29) is 127 Å². The van der Waals surface area contributed by atoms with Crippen molar-refractivity contribution in [3.63, 3.8) is 0 Å². The van der Waals surface area contributed by atoms with Crippen molar-refractivity contribution in [1.82, 2.24) is 102 Å². The molecule has 15 atom stereocenters. The largest absolute Gasteiger partial charge is 0.508 e. The minimum absolute atomic E-state index is 0.0239. The fourth-order valence-corrected chi connectivity index (χ4v) is 19.3. The van der Waals surface area contributed by atoms with Crippen LogP contribution < -0.4 is 75.1 Å². The van der Waals surface area contributed by atoms with Crippen molar-refractivity contribution in [1.29, 1.82) is 0 Å². The van der Waals surface area contributed by atoms with Crippen LogP contribution in [-0.2, 0) is 129 Å². The van der Waals surface area contributed by atoms with E-state index in [2.05, 4.69) is 68.1 Å². The highest BCUT2D eigenvalue weighted by Gasteiger charge is 2.47. The van der Waals surface area contributed by atoms with Gasteiger partial charge in [-0.2, -0.15) is 0 Å². The molecule has 0 unspecified atom stereocenters. The van der Waals surface area contributed by atoms with Gasteiger partial charge in [0.25, 0.3) is 5.91 Å². The fourth-order valence-electron chi connectivity index (χ4n) is 18.0. The number of amides is 17. The normalized spacial score (nSPS) is 24.0. The van der Waals surface area contributed by atoms with Crippen molar-refractivity contribution >= 4 is 150 Å². The predicted octanol–water partition coefficient (Wildman–Crippen LogP) is -1.78. The summed E-state index contributed by atoms with van der Waals surface area (Å²) >= 11 is 0.767. The summed E-state index contributed by atoms with van der Waals surface area (Å²) in [6, 6.07) is -2.94.